The molecule has 28 heavy (non-hydrogen) atoms. The van der Waals surface area contributed by atoms with Crippen molar-refractivity contribution in [2.45, 2.75) is 12.7 Å². The molecule has 0 bridgehead atoms. The number of benzene rings is 2. The smallest absolute Gasteiger partial charge is 0.408 e. The summed E-state index contributed by atoms with van der Waals surface area (Å²) in [5.41, 5.74) is 1.95. The molecule has 9 heteroatoms. The molecule has 0 atom stereocenters. The Morgan fingerprint density at radius 2 is 1.82 bits per heavy atom. The molecule has 144 valence electrons. The third kappa shape index (κ3) is 3.55. The maximum Gasteiger partial charge on any atom is 0.408 e. The molecule has 5 nitrogen and oxygen atoms in total. The van der Waals surface area contributed by atoms with Gasteiger partial charge < -0.3 is 10.1 Å². The molecule has 2 heterocycles. The van der Waals surface area contributed by atoms with E-state index in [1.54, 1.807) is 18.2 Å². The number of carbonyl (C=O) groups is 1. The highest BCUT2D eigenvalue weighted by Gasteiger charge is 2.31. The Morgan fingerprint density at radius 1 is 1.11 bits per heavy atom. The van der Waals surface area contributed by atoms with E-state index in [-0.39, 0.29) is 18.2 Å². The molecule has 0 saturated carbocycles. The van der Waals surface area contributed by atoms with Crippen LogP contribution in [0.4, 0.5) is 23.2 Å². The SMILES string of the molecule is O=C1COc2ccc(-c3cnn(CC(F)(F)F)c3-c3ccc(F)cc3)cc2N1. The van der Waals surface area contributed by atoms with Gasteiger partial charge in [-0.25, -0.2) is 4.39 Å². The second-order valence-corrected chi connectivity index (χ2v) is 6.23. The van der Waals surface area contributed by atoms with Gasteiger partial charge in [0.1, 0.15) is 18.1 Å². The number of nitrogens with zero attached hydrogens (tertiary/aromatic N) is 2. The van der Waals surface area contributed by atoms with Crippen LogP contribution in [0.15, 0.2) is 48.7 Å². The summed E-state index contributed by atoms with van der Waals surface area (Å²) in [5, 5.41) is 6.55. The number of hydrogen-bond acceptors (Lipinski definition) is 3. The minimum atomic E-state index is -4.48. The van der Waals surface area contributed by atoms with Crippen molar-refractivity contribution in [1.29, 1.82) is 0 Å². The lowest BCUT2D eigenvalue weighted by Gasteiger charge is -2.19. The zero-order valence-corrected chi connectivity index (χ0v) is 14.3. The molecule has 1 N–H and O–H groups in total. The largest absolute Gasteiger partial charge is 0.482 e. The molecule has 0 aliphatic carbocycles. The fourth-order valence-corrected chi connectivity index (χ4v) is 3.05. The van der Waals surface area contributed by atoms with Gasteiger partial charge >= 0.3 is 6.18 Å². The third-order valence-corrected chi connectivity index (χ3v) is 4.21. The molecule has 0 radical (unpaired) electrons. The van der Waals surface area contributed by atoms with Crippen LogP contribution in [0, 0.1) is 5.82 Å². The van der Waals surface area contributed by atoms with Crippen molar-refractivity contribution in [1.82, 2.24) is 9.78 Å². The van der Waals surface area contributed by atoms with E-state index in [9.17, 15) is 22.4 Å². The van der Waals surface area contributed by atoms with E-state index < -0.39 is 18.5 Å². The van der Waals surface area contributed by atoms with Gasteiger partial charge in [-0.15, -0.1) is 0 Å². The number of alkyl halides is 3. The molecular weight excluding hydrogens is 378 g/mol. The summed E-state index contributed by atoms with van der Waals surface area (Å²) in [6, 6.07) is 10.0. The van der Waals surface area contributed by atoms with Crippen LogP contribution >= 0.6 is 0 Å². The van der Waals surface area contributed by atoms with Crippen molar-refractivity contribution >= 4 is 11.6 Å². The first-order chi connectivity index (χ1) is 13.3. The topological polar surface area (TPSA) is 56.1 Å². The molecule has 4 rings (SSSR count). The minimum Gasteiger partial charge on any atom is -0.482 e. The van der Waals surface area contributed by atoms with Gasteiger partial charge in [-0.2, -0.15) is 18.3 Å². The zero-order chi connectivity index (χ0) is 19.9. The maximum atomic E-state index is 13.3. The average Bonchev–Trinajstić information content (AvgIpc) is 3.03. The van der Waals surface area contributed by atoms with E-state index in [4.69, 9.17) is 4.74 Å². The highest BCUT2D eigenvalue weighted by atomic mass is 19.4. The maximum absolute atomic E-state index is 13.3. The Bertz CT molecular complexity index is 1040. The van der Waals surface area contributed by atoms with Gasteiger partial charge in [0.05, 0.1) is 17.6 Å². The number of ether oxygens (including phenoxy) is 1. The minimum absolute atomic E-state index is 0.101. The van der Waals surface area contributed by atoms with Crippen molar-refractivity contribution in [2.75, 3.05) is 11.9 Å². The van der Waals surface area contributed by atoms with Crippen LogP contribution in [0.25, 0.3) is 22.4 Å². The van der Waals surface area contributed by atoms with Crippen LogP contribution in [-0.4, -0.2) is 28.5 Å². The Morgan fingerprint density at radius 3 is 2.54 bits per heavy atom. The van der Waals surface area contributed by atoms with Crippen LogP contribution < -0.4 is 10.1 Å². The quantitative estimate of drug-likeness (QED) is 0.680. The Hall–Kier alpha value is -3.36. The first-order valence-electron chi connectivity index (χ1n) is 8.26. The lowest BCUT2D eigenvalue weighted by molar-refractivity contribution is -0.142. The van der Waals surface area contributed by atoms with Gasteiger partial charge in [0.15, 0.2) is 6.61 Å². The number of rotatable bonds is 3. The second-order valence-electron chi connectivity index (χ2n) is 6.23. The number of aromatic nitrogens is 2. The standard InChI is InChI=1S/C19H13F4N3O2/c20-13-4-1-11(2-5-13)18-14(8-24-26(18)10-19(21,22)23)12-3-6-16-15(7-12)25-17(27)9-28-16/h1-8H,9-10H2,(H,25,27). The molecule has 0 saturated heterocycles. The second kappa shape index (κ2) is 6.66. The van der Waals surface area contributed by atoms with Gasteiger partial charge in [0, 0.05) is 11.1 Å². The Labute approximate surface area is 156 Å². The van der Waals surface area contributed by atoms with E-state index in [1.807, 2.05) is 0 Å². The van der Waals surface area contributed by atoms with Gasteiger partial charge in [-0.05, 0) is 42.0 Å². The molecular formula is C19H13F4N3O2. The number of carbonyl (C=O) groups excluding carboxylic acids is 1. The number of fused-ring (bicyclic) bond motifs is 1. The Balaban J connectivity index is 1.84. The highest BCUT2D eigenvalue weighted by molar-refractivity contribution is 5.96. The molecule has 0 fully saturated rings. The molecule has 3 aromatic rings. The molecule has 0 unspecified atom stereocenters. The van der Waals surface area contributed by atoms with Crippen LogP contribution in [0.2, 0.25) is 0 Å². The first-order valence-corrected chi connectivity index (χ1v) is 8.26. The summed E-state index contributed by atoms with van der Waals surface area (Å²) in [7, 11) is 0. The molecule has 1 aliphatic heterocycles. The van der Waals surface area contributed by atoms with Crippen LogP contribution in [0.3, 0.4) is 0 Å². The number of amides is 1. The van der Waals surface area contributed by atoms with E-state index in [0.717, 1.165) is 4.68 Å². The summed E-state index contributed by atoms with van der Waals surface area (Å²) >= 11 is 0. The predicted octanol–water partition coefficient (Wildman–Crippen LogP) is 4.25. The van der Waals surface area contributed by atoms with Gasteiger partial charge in [-0.3, -0.25) is 9.48 Å². The lowest BCUT2D eigenvalue weighted by Crippen LogP contribution is -2.25. The molecule has 1 amide bonds. The first kappa shape index (κ1) is 18.0. The van der Waals surface area contributed by atoms with E-state index >= 15 is 0 Å². The van der Waals surface area contributed by atoms with Crippen molar-refractivity contribution in [3.8, 4) is 28.1 Å². The molecule has 2 aromatic carbocycles. The van der Waals surface area contributed by atoms with E-state index in [2.05, 4.69) is 10.4 Å². The summed E-state index contributed by atoms with van der Waals surface area (Å²) < 4.78 is 58.4. The summed E-state index contributed by atoms with van der Waals surface area (Å²) in [6.07, 6.45) is -3.16. The molecule has 1 aliphatic rings. The average molecular weight is 391 g/mol. The summed E-state index contributed by atoms with van der Waals surface area (Å²) in [4.78, 5) is 11.5. The number of nitrogens with one attached hydrogen (secondary N) is 1. The van der Waals surface area contributed by atoms with Crippen molar-refractivity contribution in [3.63, 3.8) is 0 Å². The van der Waals surface area contributed by atoms with Crippen molar-refractivity contribution in [2.24, 2.45) is 0 Å². The van der Waals surface area contributed by atoms with Crippen LogP contribution in [0.5, 0.6) is 5.75 Å². The van der Waals surface area contributed by atoms with Crippen molar-refractivity contribution < 1.29 is 27.1 Å². The van der Waals surface area contributed by atoms with Gasteiger partial charge in [-0.1, -0.05) is 6.07 Å². The lowest BCUT2D eigenvalue weighted by atomic mass is 10.0. The monoisotopic (exact) mass is 391 g/mol. The number of anilines is 1. The van der Waals surface area contributed by atoms with E-state index in [0.29, 0.717) is 28.1 Å². The van der Waals surface area contributed by atoms with E-state index in [1.165, 1.54) is 30.5 Å². The predicted molar refractivity (Wildman–Crippen MR) is 93.2 cm³/mol. The fraction of sp³-hybridized carbons (Fsp3) is 0.158. The van der Waals surface area contributed by atoms with Crippen molar-refractivity contribution in [3.05, 3.63) is 54.5 Å². The third-order valence-electron chi connectivity index (χ3n) is 4.21. The summed E-state index contributed by atoms with van der Waals surface area (Å²) in [6.45, 7) is -1.39. The number of hydrogen-bond donors (Lipinski definition) is 1. The number of halogens is 4. The highest BCUT2D eigenvalue weighted by Crippen LogP contribution is 2.38. The molecule has 0 spiro atoms. The van der Waals surface area contributed by atoms with Gasteiger partial charge in [0.25, 0.3) is 5.91 Å². The zero-order valence-electron chi connectivity index (χ0n) is 14.3. The molecule has 1 aromatic heterocycles. The van der Waals surface area contributed by atoms with Gasteiger partial charge in [0.2, 0.25) is 0 Å². The Kier molecular flexibility index (Phi) is 4.29. The normalized spacial score (nSPS) is 13.6. The van der Waals surface area contributed by atoms with Crippen LogP contribution in [0.1, 0.15) is 0 Å². The summed E-state index contributed by atoms with van der Waals surface area (Å²) in [5.74, 6) is -0.355. The van der Waals surface area contributed by atoms with Crippen LogP contribution in [-0.2, 0) is 11.3 Å². The fourth-order valence-electron chi connectivity index (χ4n) is 3.05.